The summed E-state index contributed by atoms with van der Waals surface area (Å²) in [4.78, 5) is 15.0. The topological polar surface area (TPSA) is 64.3 Å². The summed E-state index contributed by atoms with van der Waals surface area (Å²) in [5.74, 6) is -0.224. The minimum atomic E-state index is -0.277. The van der Waals surface area contributed by atoms with Gasteiger partial charge in [0.1, 0.15) is 13.1 Å². The highest BCUT2D eigenvalue weighted by atomic mass is 16.5. The number of hydrogen-bond donors (Lipinski definition) is 1. The van der Waals surface area contributed by atoms with Crippen molar-refractivity contribution >= 4 is 0 Å². The normalized spacial score (nSPS) is 10.3. The molecule has 0 aromatic carbocycles. The summed E-state index contributed by atoms with van der Waals surface area (Å²) >= 11 is 0. The molecule has 5 nitrogen and oxygen atoms in total. The van der Waals surface area contributed by atoms with Crippen LogP contribution < -0.4 is 5.56 Å². The van der Waals surface area contributed by atoms with Crippen LogP contribution in [0.2, 0.25) is 0 Å². The van der Waals surface area contributed by atoms with Gasteiger partial charge in [-0.1, -0.05) is 0 Å². The van der Waals surface area contributed by atoms with Gasteiger partial charge in [0.25, 0.3) is 5.56 Å². The zero-order valence-corrected chi connectivity index (χ0v) is 7.65. The SMILES string of the molecule is CCOCn1cnc(O)c(C)c1=O. The number of nitrogens with zero attached hydrogens (tertiary/aromatic N) is 2. The number of ether oxygens (including phenoxy) is 1. The summed E-state index contributed by atoms with van der Waals surface area (Å²) in [6.45, 7) is 4.06. The average Bonchev–Trinajstić information content (AvgIpc) is 2.13. The second-order valence-electron chi connectivity index (χ2n) is 2.59. The monoisotopic (exact) mass is 184 g/mol. The fourth-order valence-corrected chi connectivity index (χ4v) is 0.866. The minimum absolute atomic E-state index is 0.170. The molecule has 13 heavy (non-hydrogen) atoms. The highest BCUT2D eigenvalue weighted by Gasteiger charge is 2.04. The third kappa shape index (κ3) is 2.06. The van der Waals surface area contributed by atoms with Crippen LogP contribution in [0.1, 0.15) is 12.5 Å². The number of rotatable bonds is 3. The molecule has 0 aliphatic carbocycles. The van der Waals surface area contributed by atoms with Gasteiger partial charge in [-0.05, 0) is 13.8 Å². The maximum Gasteiger partial charge on any atom is 0.261 e. The second-order valence-corrected chi connectivity index (χ2v) is 2.59. The number of aromatic hydroxyl groups is 1. The van der Waals surface area contributed by atoms with Crippen LogP contribution in [0.3, 0.4) is 0 Å². The molecule has 1 rings (SSSR count). The first-order valence-electron chi connectivity index (χ1n) is 3.99. The van der Waals surface area contributed by atoms with Crippen molar-refractivity contribution in [2.45, 2.75) is 20.6 Å². The van der Waals surface area contributed by atoms with Crippen LogP contribution in [0.15, 0.2) is 11.1 Å². The zero-order chi connectivity index (χ0) is 9.84. The predicted octanol–water partition coefficient (Wildman–Crippen LogP) is 0.251. The summed E-state index contributed by atoms with van der Waals surface area (Å²) in [5, 5.41) is 9.08. The fourth-order valence-electron chi connectivity index (χ4n) is 0.866. The second kappa shape index (κ2) is 4.04. The van der Waals surface area contributed by atoms with Gasteiger partial charge in [0.05, 0.1) is 5.56 Å². The average molecular weight is 184 g/mol. The lowest BCUT2D eigenvalue weighted by molar-refractivity contribution is 0.0841. The van der Waals surface area contributed by atoms with E-state index in [0.717, 1.165) is 0 Å². The zero-order valence-electron chi connectivity index (χ0n) is 7.65. The van der Waals surface area contributed by atoms with E-state index in [1.54, 1.807) is 0 Å². The van der Waals surface area contributed by atoms with Crippen LogP contribution in [0.4, 0.5) is 0 Å². The van der Waals surface area contributed by atoms with Gasteiger partial charge in [0.15, 0.2) is 0 Å². The first kappa shape index (κ1) is 9.73. The van der Waals surface area contributed by atoms with Crippen molar-refractivity contribution in [3.8, 4) is 5.88 Å². The summed E-state index contributed by atoms with van der Waals surface area (Å²) in [7, 11) is 0. The van der Waals surface area contributed by atoms with E-state index in [0.29, 0.717) is 6.61 Å². The first-order chi connectivity index (χ1) is 6.16. The Bertz CT molecular complexity index is 346. The predicted molar refractivity (Wildman–Crippen MR) is 46.5 cm³/mol. The molecular formula is C8H12N2O3. The van der Waals surface area contributed by atoms with E-state index in [-0.39, 0.29) is 23.7 Å². The lowest BCUT2D eigenvalue weighted by Crippen LogP contribution is -2.23. The molecule has 0 atom stereocenters. The molecule has 0 saturated heterocycles. The van der Waals surface area contributed by atoms with Crippen LogP contribution in [0.25, 0.3) is 0 Å². The van der Waals surface area contributed by atoms with Gasteiger partial charge < -0.3 is 9.84 Å². The van der Waals surface area contributed by atoms with Gasteiger partial charge in [0, 0.05) is 6.61 Å². The Kier molecular flexibility index (Phi) is 3.02. The number of hydrogen-bond acceptors (Lipinski definition) is 4. The van der Waals surface area contributed by atoms with E-state index in [1.165, 1.54) is 17.8 Å². The van der Waals surface area contributed by atoms with Crippen molar-refractivity contribution in [3.63, 3.8) is 0 Å². The van der Waals surface area contributed by atoms with Crippen LogP contribution in [0, 0.1) is 6.92 Å². The molecule has 0 bridgehead atoms. The van der Waals surface area contributed by atoms with Gasteiger partial charge >= 0.3 is 0 Å². The van der Waals surface area contributed by atoms with E-state index in [9.17, 15) is 4.79 Å². The molecule has 0 aliphatic heterocycles. The lowest BCUT2D eigenvalue weighted by Gasteiger charge is -2.05. The van der Waals surface area contributed by atoms with Crippen molar-refractivity contribution in [3.05, 3.63) is 22.2 Å². The molecule has 0 saturated carbocycles. The van der Waals surface area contributed by atoms with Crippen LogP contribution >= 0.6 is 0 Å². The highest BCUT2D eigenvalue weighted by molar-refractivity contribution is 5.18. The molecule has 72 valence electrons. The van der Waals surface area contributed by atoms with Gasteiger partial charge in [-0.2, -0.15) is 0 Å². The fraction of sp³-hybridized carbons (Fsp3) is 0.500. The van der Waals surface area contributed by atoms with E-state index in [2.05, 4.69) is 4.98 Å². The third-order valence-corrected chi connectivity index (χ3v) is 1.67. The Morgan fingerprint density at radius 3 is 3.00 bits per heavy atom. The van der Waals surface area contributed by atoms with Crippen LogP contribution in [0.5, 0.6) is 5.88 Å². The van der Waals surface area contributed by atoms with Gasteiger partial charge in [-0.15, -0.1) is 0 Å². The molecule has 1 N–H and O–H groups in total. The van der Waals surface area contributed by atoms with E-state index >= 15 is 0 Å². The maximum absolute atomic E-state index is 11.4. The quantitative estimate of drug-likeness (QED) is 0.731. The Balaban J connectivity index is 2.97. The minimum Gasteiger partial charge on any atom is -0.493 e. The Morgan fingerprint density at radius 2 is 2.38 bits per heavy atom. The molecule has 0 spiro atoms. The molecule has 0 amide bonds. The van der Waals surface area contributed by atoms with Crippen molar-refractivity contribution in [1.82, 2.24) is 9.55 Å². The summed E-state index contributed by atoms with van der Waals surface area (Å²) in [6.07, 6.45) is 1.26. The van der Waals surface area contributed by atoms with E-state index in [1.807, 2.05) is 6.92 Å². The standard InChI is InChI=1S/C8H12N2O3/c1-3-13-5-10-4-9-7(11)6(2)8(10)12/h4,11H,3,5H2,1-2H3. The summed E-state index contributed by atoms with van der Waals surface area (Å²) in [5.41, 5.74) is -0.0387. The highest BCUT2D eigenvalue weighted by Crippen LogP contribution is 2.03. The van der Waals surface area contributed by atoms with Gasteiger partial charge in [-0.3, -0.25) is 9.36 Å². The number of aromatic nitrogens is 2. The van der Waals surface area contributed by atoms with E-state index < -0.39 is 0 Å². The van der Waals surface area contributed by atoms with Crippen molar-refractivity contribution in [1.29, 1.82) is 0 Å². The molecule has 0 unspecified atom stereocenters. The molecule has 0 aliphatic rings. The molecule has 1 aromatic rings. The molecule has 0 fully saturated rings. The van der Waals surface area contributed by atoms with Crippen LogP contribution in [-0.4, -0.2) is 21.3 Å². The van der Waals surface area contributed by atoms with Crippen LogP contribution in [-0.2, 0) is 11.5 Å². The lowest BCUT2D eigenvalue weighted by atomic mass is 10.4. The van der Waals surface area contributed by atoms with Gasteiger partial charge in [-0.25, -0.2) is 4.98 Å². The Labute approximate surface area is 75.6 Å². The summed E-state index contributed by atoms with van der Waals surface area (Å²) in [6, 6.07) is 0. The van der Waals surface area contributed by atoms with Crippen molar-refractivity contribution in [2.24, 2.45) is 0 Å². The smallest absolute Gasteiger partial charge is 0.261 e. The largest absolute Gasteiger partial charge is 0.493 e. The molecule has 5 heteroatoms. The summed E-state index contributed by atoms with van der Waals surface area (Å²) < 4.78 is 6.34. The molecule has 1 aromatic heterocycles. The molecular weight excluding hydrogens is 172 g/mol. The third-order valence-electron chi connectivity index (χ3n) is 1.67. The van der Waals surface area contributed by atoms with Crippen molar-refractivity contribution < 1.29 is 9.84 Å². The maximum atomic E-state index is 11.4. The Hall–Kier alpha value is -1.36. The van der Waals surface area contributed by atoms with Gasteiger partial charge in [0.2, 0.25) is 5.88 Å². The van der Waals surface area contributed by atoms with Crippen molar-refractivity contribution in [2.75, 3.05) is 6.61 Å². The van der Waals surface area contributed by atoms with E-state index in [4.69, 9.17) is 9.84 Å². The first-order valence-corrected chi connectivity index (χ1v) is 3.99. The molecule has 0 radical (unpaired) electrons. The Morgan fingerprint density at radius 1 is 1.69 bits per heavy atom. The molecule has 1 heterocycles.